The zero-order valence-electron chi connectivity index (χ0n) is 20.4. The molecule has 2 aromatic carbocycles. The van der Waals surface area contributed by atoms with Gasteiger partial charge in [-0.05, 0) is 98.2 Å². The number of hydrogen-bond donors (Lipinski definition) is 2. The van der Waals surface area contributed by atoms with Gasteiger partial charge in [-0.15, -0.1) is 0 Å². The Morgan fingerprint density at radius 3 is 1.69 bits per heavy atom. The predicted molar refractivity (Wildman–Crippen MR) is 143 cm³/mol. The summed E-state index contributed by atoms with van der Waals surface area (Å²) in [7, 11) is -0.867. The van der Waals surface area contributed by atoms with E-state index in [0.29, 0.717) is 16.5 Å². The van der Waals surface area contributed by atoms with Crippen molar-refractivity contribution < 1.29 is 19.1 Å². The summed E-state index contributed by atoms with van der Waals surface area (Å²) >= 11 is 5.85. The Bertz CT molecular complexity index is 1050. The molecule has 0 saturated heterocycles. The Labute approximate surface area is 214 Å². The average molecular weight is 517 g/mol. The number of amides is 2. The number of halogens is 1. The molecule has 6 nitrogen and oxygen atoms in total. The van der Waals surface area contributed by atoms with E-state index in [1.807, 2.05) is 24.3 Å². The third kappa shape index (κ3) is 10.1. The van der Waals surface area contributed by atoms with Crippen molar-refractivity contribution in [1.29, 1.82) is 0 Å². The number of ether oxygens (including phenoxy) is 2. The lowest BCUT2D eigenvalue weighted by Gasteiger charge is -2.29. The molecule has 1 aliphatic carbocycles. The van der Waals surface area contributed by atoms with E-state index in [-0.39, 0.29) is 37.1 Å². The zero-order valence-corrected chi connectivity index (χ0v) is 22.0. The summed E-state index contributed by atoms with van der Waals surface area (Å²) in [6, 6.07) is 14.5. The van der Waals surface area contributed by atoms with Crippen molar-refractivity contribution in [2.45, 2.75) is 37.8 Å². The smallest absolute Gasteiger partial charge is 0.258 e. The molecule has 3 rings (SSSR count). The topological polar surface area (TPSA) is 76.7 Å². The first-order valence-corrected chi connectivity index (χ1v) is 14.8. The fourth-order valence-corrected chi connectivity index (χ4v) is 4.15. The summed E-state index contributed by atoms with van der Waals surface area (Å²) in [6.07, 6.45) is 9.66. The molecule has 0 aromatic heterocycles. The molecule has 1 aliphatic rings. The molecule has 0 atom stereocenters. The Kier molecular flexibility index (Phi) is 9.76. The van der Waals surface area contributed by atoms with Gasteiger partial charge in [0.05, 0.1) is 0 Å². The van der Waals surface area contributed by atoms with Crippen LogP contribution in [-0.2, 0) is 9.59 Å². The highest BCUT2D eigenvalue weighted by molar-refractivity contribution is 8.35. The van der Waals surface area contributed by atoms with Gasteiger partial charge in [0.15, 0.2) is 13.2 Å². The molecule has 0 spiro atoms. The second-order valence-corrected chi connectivity index (χ2v) is 13.6. The third-order valence-electron chi connectivity index (χ3n) is 5.37. The van der Waals surface area contributed by atoms with Crippen molar-refractivity contribution in [3.05, 3.63) is 59.1 Å². The molecule has 2 aromatic rings. The van der Waals surface area contributed by atoms with Gasteiger partial charge in [0.25, 0.3) is 11.8 Å². The van der Waals surface area contributed by atoms with Gasteiger partial charge < -0.3 is 20.1 Å². The Balaban J connectivity index is 1.32. The molecule has 0 bridgehead atoms. The van der Waals surface area contributed by atoms with Crippen LogP contribution in [0.1, 0.15) is 31.2 Å². The molecule has 0 unspecified atom stereocenters. The van der Waals surface area contributed by atoms with Crippen LogP contribution in [0.25, 0.3) is 0 Å². The highest BCUT2D eigenvalue weighted by Gasteiger charge is 2.23. The average Bonchev–Trinajstić information content (AvgIpc) is 2.82. The summed E-state index contributed by atoms with van der Waals surface area (Å²) < 4.78 is 11.1. The number of carbonyl (C=O) groups is 2. The number of rotatable bonds is 8. The minimum atomic E-state index is -0.867. The van der Waals surface area contributed by atoms with E-state index in [1.165, 1.54) is 0 Å². The van der Waals surface area contributed by atoms with Crippen LogP contribution in [-0.4, -0.2) is 55.9 Å². The van der Waals surface area contributed by atoms with E-state index in [2.05, 4.69) is 40.6 Å². The van der Waals surface area contributed by atoms with Gasteiger partial charge >= 0.3 is 0 Å². The van der Waals surface area contributed by atoms with Crippen molar-refractivity contribution >= 4 is 33.4 Å². The lowest BCUT2D eigenvalue weighted by atomic mass is 9.91. The molecule has 0 aliphatic heterocycles. The number of carbonyl (C=O) groups excluding carboxylic acids is 2. The fourth-order valence-electron chi connectivity index (χ4n) is 3.60. The molecular formula is C27H33ClN2O4S. The van der Waals surface area contributed by atoms with Crippen molar-refractivity contribution in [2.75, 3.05) is 32.0 Å². The molecule has 0 heterocycles. The molecule has 1 fully saturated rings. The van der Waals surface area contributed by atoms with Gasteiger partial charge in [0.2, 0.25) is 0 Å². The molecule has 35 heavy (non-hydrogen) atoms. The van der Waals surface area contributed by atoms with E-state index in [9.17, 15) is 9.59 Å². The lowest BCUT2D eigenvalue weighted by molar-refractivity contribution is -0.125. The maximum absolute atomic E-state index is 12.3. The zero-order chi connectivity index (χ0) is 25.3. The maximum Gasteiger partial charge on any atom is 0.258 e. The van der Waals surface area contributed by atoms with E-state index in [0.717, 1.165) is 31.2 Å². The Hall–Kier alpha value is -2.82. The number of nitrogens with one attached hydrogen (secondary N) is 2. The summed E-state index contributed by atoms with van der Waals surface area (Å²) in [5.41, 5.74) is 0.935. The van der Waals surface area contributed by atoms with E-state index in [1.54, 1.807) is 24.3 Å². The van der Waals surface area contributed by atoms with Crippen LogP contribution in [0.3, 0.4) is 0 Å². The standard InChI is InChI=1S/C27H33ClN2O4S/c1-35(2,3)17-16-20-4-12-24(13-5-20)33-18-26(31)29-22-8-10-23(11-9-22)30-27(32)19-34-25-14-6-21(28)7-15-25/h4-7,12-15,22-23H,8-11,18-19H2,1-3H3,(H,29,31)(H,30,32). The van der Waals surface area contributed by atoms with Crippen LogP contribution < -0.4 is 20.1 Å². The Morgan fingerprint density at radius 2 is 1.26 bits per heavy atom. The van der Waals surface area contributed by atoms with Crippen molar-refractivity contribution in [2.24, 2.45) is 0 Å². The first-order chi connectivity index (χ1) is 16.7. The number of benzene rings is 2. The van der Waals surface area contributed by atoms with Gasteiger partial charge in [-0.3, -0.25) is 9.59 Å². The quantitative estimate of drug-likeness (QED) is 0.512. The predicted octanol–water partition coefficient (Wildman–Crippen LogP) is 4.34. The van der Waals surface area contributed by atoms with Gasteiger partial charge in [-0.2, -0.15) is 10.0 Å². The molecule has 2 N–H and O–H groups in total. The summed E-state index contributed by atoms with van der Waals surface area (Å²) in [5, 5.41) is 9.93. The molecule has 1 saturated carbocycles. The lowest BCUT2D eigenvalue weighted by Crippen LogP contribution is -2.45. The maximum atomic E-state index is 12.3. The van der Waals surface area contributed by atoms with Crippen molar-refractivity contribution in [3.8, 4) is 22.7 Å². The summed E-state index contributed by atoms with van der Waals surface area (Å²) in [4.78, 5) is 24.5. The second-order valence-electron chi connectivity index (χ2n) is 9.30. The number of hydrogen-bond acceptors (Lipinski definition) is 4. The van der Waals surface area contributed by atoms with Gasteiger partial charge in [0, 0.05) is 22.7 Å². The summed E-state index contributed by atoms with van der Waals surface area (Å²) in [6.45, 7) is -0.0727. The molecular weight excluding hydrogens is 484 g/mol. The van der Waals surface area contributed by atoms with Gasteiger partial charge in [0.1, 0.15) is 11.5 Å². The Morgan fingerprint density at radius 1 is 0.829 bits per heavy atom. The molecule has 0 radical (unpaired) electrons. The SMILES string of the molecule is CS(C)(C)C#Cc1ccc(OCC(=O)NC2CCC(NC(=O)COc3ccc(Cl)cc3)CC2)cc1. The van der Waals surface area contributed by atoms with Crippen molar-refractivity contribution in [1.82, 2.24) is 10.6 Å². The van der Waals surface area contributed by atoms with Crippen molar-refractivity contribution in [3.63, 3.8) is 0 Å². The fraction of sp³-hybridized carbons (Fsp3) is 0.407. The normalized spacial score (nSPS) is 17.9. The first kappa shape index (κ1) is 26.8. The third-order valence-corrected chi connectivity index (χ3v) is 6.33. The van der Waals surface area contributed by atoms with Crippen LogP contribution in [0.5, 0.6) is 11.5 Å². The van der Waals surface area contributed by atoms with Crippen LogP contribution in [0.4, 0.5) is 0 Å². The van der Waals surface area contributed by atoms with Gasteiger partial charge in [-0.25, -0.2) is 0 Å². The minimum absolute atomic E-state index is 0.0319. The van der Waals surface area contributed by atoms with Gasteiger partial charge in [-0.1, -0.05) is 17.5 Å². The molecule has 188 valence electrons. The first-order valence-electron chi connectivity index (χ1n) is 11.6. The molecule has 8 heteroatoms. The molecule has 2 amide bonds. The highest BCUT2D eigenvalue weighted by Crippen LogP contribution is 2.32. The van der Waals surface area contributed by atoms with E-state index in [4.69, 9.17) is 21.1 Å². The van der Waals surface area contributed by atoms with Crippen LogP contribution in [0, 0.1) is 11.2 Å². The van der Waals surface area contributed by atoms with Crippen LogP contribution in [0.2, 0.25) is 5.02 Å². The largest absolute Gasteiger partial charge is 0.484 e. The van der Waals surface area contributed by atoms with E-state index >= 15 is 0 Å². The minimum Gasteiger partial charge on any atom is -0.484 e. The second kappa shape index (κ2) is 12.8. The van der Waals surface area contributed by atoms with E-state index < -0.39 is 10.0 Å². The highest BCUT2D eigenvalue weighted by atomic mass is 35.5. The van der Waals surface area contributed by atoms with Crippen LogP contribution >= 0.6 is 21.6 Å². The van der Waals surface area contributed by atoms with Crippen LogP contribution in [0.15, 0.2) is 48.5 Å². The monoisotopic (exact) mass is 516 g/mol. The summed E-state index contributed by atoms with van der Waals surface area (Å²) in [5.74, 6) is 4.12.